The van der Waals surface area contributed by atoms with E-state index in [1.165, 1.54) is 11.1 Å². The lowest BCUT2D eigenvalue weighted by Gasteiger charge is -2.41. The Hall–Kier alpha value is -2.16. The van der Waals surface area contributed by atoms with Crippen molar-refractivity contribution in [2.75, 3.05) is 39.4 Å². The lowest BCUT2D eigenvalue weighted by Crippen LogP contribution is -2.53. The van der Waals surface area contributed by atoms with Crippen LogP contribution in [0.3, 0.4) is 0 Å². The quantitative estimate of drug-likeness (QED) is 0.678. The van der Waals surface area contributed by atoms with Crippen LogP contribution in [-0.4, -0.2) is 65.4 Å². The van der Waals surface area contributed by atoms with Gasteiger partial charge in [0, 0.05) is 57.4 Å². The number of benzene rings is 2. The Balaban J connectivity index is 1.52. The van der Waals surface area contributed by atoms with E-state index in [1.54, 1.807) is 0 Å². The van der Waals surface area contributed by atoms with Crippen molar-refractivity contribution in [3.05, 3.63) is 71.3 Å². The van der Waals surface area contributed by atoms with E-state index in [4.69, 9.17) is 5.11 Å². The third kappa shape index (κ3) is 6.99. The normalized spacial score (nSPS) is 17.7. The lowest BCUT2D eigenvalue weighted by molar-refractivity contribution is 0.0562. The monoisotopic (exact) mass is 392 g/mol. The topological polar surface area (TPSA) is 46.9 Å². The van der Waals surface area contributed by atoms with Crippen molar-refractivity contribution in [2.24, 2.45) is 0 Å². The maximum Gasteiger partial charge on any atom is 0.0540 e. The van der Waals surface area contributed by atoms with Gasteiger partial charge >= 0.3 is 0 Å². The fourth-order valence-corrected chi connectivity index (χ4v) is 3.91. The molecule has 0 saturated carbocycles. The first-order chi connectivity index (χ1) is 14.3. The molecule has 4 nitrogen and oxygen atoms in total. The molecular formula is C25H32N2O2. The fourth-order valence-electron chi connectivity index (χ4n) is 3.91. The van der Waals surface area contributed by atoms with Gasteiger partial charge < -0.3 is 10.2 Å². The molecule has 3 rings (SSSR count). The molecule has 154 valence electrons. The lowest BCUT2D eigenvalue weighted by atomic mass is 10.1. The molecule has 1 fully saturated rings. The molecule has 1 aliphatic rings. The molecule has 2 N–H and O–H groups in total. The highest BCUT2D eigenvalue weighted by Crippen LogP contribution is 2.17. The molecule has 1 atom stereocenters. The van der Waals surface area contributed by atoms with Gasteiger partial charge in [-0.15, -0.1) is 0 Å². The Morgan fingerprint density at radius 1 is 0.897 bits per heavy atom. The largest absolute Gasteiger partial charge is 0.396 e. The average Bonchev–Trinajstić information content (AvgIpc) is 2.76. The fraction of sp³-hybridized carbons (Fsp3) is 0.440. The average molecular weight is 393 g/mol. The summed E-state index contributed by atoms with van der Waals surface area (Å²) in [6.45, 7) is 5.41. The SMILES string of the molecule is OCCC#Cc1ccc(CN2CCN(CCc3ccccc3)[C@H](CCO)C2)cc1. The maximum atomic E-state index is 9.54. The van der Waals surface area contributed by atoms with E-state index in [-0.39, 0.29) is 13.2 Å². The number of hydrogen-bond donors (Lipinski definition) is 2. The van der Waals surface area contributed by atoms with Crippen molar-refractivity contribution in [3.8, 4) is 11.8 Å². The van der Waals surface area contributed by atoms with Crippen molar-refractivity contribution >= 4 is 0 Å². The summed E-state index contributed by atoms with van der Waals surface area (Å²) >= 11 is 0. The van der Waals surface area contributed by atoms with Crippen LogP contribution in [0.5, 0.6) is 0 Å². The Morgan fingerprint density at radius 3 is 2.41 bits per heavy atom. The summed E-state index contributed by atoms with van der Waals surface area (Å²) in [7, 11) is 0. The molecule has 29 heavy (non-hydrogen) atoms. The van der Waals surface area contributed by atoms with Gasteiger partial charge in [0.15, 0.2) is 0 Å². The van der Waals surface area contributed by atoms with Crippen molar-refractivity contribution in [1.82, 2.24) is 9.80 Å². The Bertz CT molecular complexity index is 780. The highest BCUT2D eigenvalue weighted by Gasteiger charge is 2.26. The van der Waals surface area contributed by atoms with Crippen LogP contribution in [0, 0.1) is 11.8 Å². The number of nitrogens with zero attached hydrogens (tertiary/aromatic N) is 2. The third-order valence-electron chi connectivity index (χ3n) is 5.51. The molecule has 0 radical (unpaired) electrons. The molecule has 0 amide bonds. The van der Waals surface area contributed by atoms with Crippen molar-refractivity contribution in [3.63, 3.8) is 0 Å². The van der Waals surface area contributed by atoms with E-state index in [2.05, 4.69) is 76.2 Å². The van der Waals surface area contributed by atoms with E-state index in [1.807, 2.05) is 0 Å². The molecule has 2 aromatic carbocycles. The molecule has 0 aliphatic carbocycles. The van der Waals surface area contributed by atoms with E-state index in [0.29, 0.717) is 12.5 Å². The van der Waals surface area contributed by atoms with Gasteiger partial charge in [0.25, 0.3) is 0 Å². The number of rotatable bonds is 8. The van der Waals surface area contributed by atoms with Crippen LogP contribution in [0.1, 0.15) is 29.5 Å². The summed E-state index contributed by atoms with van der Waals surface area (Å²) in [6.07, 6.45) is 2.40. The number of aliphatic hydroxyl groups excluding tert-OH is 2. The maximum absolute atomic E-state index is 9.54. The highest BCUT2D eigenvalue weighted by atomic mass is 16.3. The Labute approximate surface area is 174 Å². The second kappa shape index (κ2) is 11.7. The molecule has 1 aliphatic heterocycles. The van der Waals surface area contributed by atoms with Gasteiger partial charge in [0.2, 0.25) is 0 Å². The van der Waals surface area contributed by atoms with Crippen LogP contribution in [0.15, 0.2) is 54.6 Å². The second-order valence-electron chi connectivity index (χ2n) is 7.65. The molecule has 1 saturated heterocycles. The summed E-state index contributed by atoms with van der Waals surface area (Å²) in [5, 5.41) is 18.4. The summed E-state index contributed by atoms with van der Waals surface area (Å²) in [6, 6.07) is 19.4. The molecule has 0 bridgehead atoms. The molecule has 0 spiro atoms. The molecule has 2 aromatic rings. The van der Waals surface area contributed by atoms with Crippen LogP contribution in [0.4, 0.5) is 0 Å². The van der Waals surface area contributed by atoms with E-state index in [9.17, 15) is 5.11 Å². The smallest absolute Gasteiger partial charge is 0.0540 e. The van der Waals surface area contributed by atoms with E-state index >= 15 is 0 Å². The molecule has 4 heteroatoms. The zero-order valence-corrected chi connectivity index (χ0v) is 17.1. The van der Waals surface area contributed by atoms with Crippen LogP contribution < -0.4 is 0 Å². The Kier molecular flexibility index (Phi) is 8.73. The highest BCUT2D eigenvalue weighted by molar-refractivity contribution is 5.36. The van der Waals surface area contributed by atoms with Crippen molar-refractivity contribution in [1.29, 1.82) is 0 Å². The molecule has 0 aromatic heterocycles. The zero-order valence-electron chi connectivity index (χ0n) is 17.1. The predicted molar refractivity (Wildman–Crippen MR) is 118 cm³/mol. The molecular weight excluding hydrogens is 360 g/mol. The first-order valence-corrected chi connectivity index (χ1v) is 10.6. The van der Waals surface area contributed by atoms with Crippen molar-refractivity contribution < 1.29 is 10.2 Å². The summed E-state index contributed by atoms with van der Waals surface area (Å²) < 4.78 is 0. The van der Waals surface area contributed by atoms with Gasteiger partial charge in [0.05, 0.1) is 6.61 Å². The van der Waals surface area contributed by atoms with E-state index in [0.717, 1.165) is 51.1 Å². The molecule has 1 heterocycles. The van der Waals surface area contributed by atoms with Crippen LogP contribution in [-0.2, 0) is 13.0 Å². The minimum atomic E-state index is 0.109. The van der Waals surface area contributed by atoms with Gasteiger partial charge in [-0.25, -0.2) is 0 Å². The summed E-state index contributed by atoms with van der Waals surface area (Å²) in [5.41, 5.74) is 3.66. The molecule has 0 unspecified atom stereocenters. The van der Waals surface area contributed by atoms with Crippen molar-refractivity contribution in [2.45, 2.75) is 31.8 Å². The minimum Gasteiger partial charge on any atom is -0.396 e. The first kappa shape index (κ1) is 21.5. The van der Waals surface area contributed by atoms with Gasteiger partial charge in [-0.05, 0) is 36.1 Å². The van der Waals surface area contributed by atoms with Crippen LogP contribution >= 0.6 is 0 Å². The standard InChI is InChI=1S/C25H32N2O2/c28-18-5-4-8-23-9-11-24(12-10-23)20-26-16-17-27(25(21-26)14-19-29)15-13-22-6-2-1-3-7-22/h1-3,6-7,9-12,25,28-29H,5,13-21H2/t25-/m1/s1. The summed E-state index contributed by atoms with van der Waals surface area (Å²) in [4.78, 5) is 5.03. The first-order valence-electron chi connectivity index (χ1n) is 10.6. The van der Waals surface area contributed by atoms with Gasteiger partial charge in [-0.3, -0.25) is 9.80 Å². The third-order valence-corrected chi connectivity index (χ3v) is 5.51. The Morgan fingerprint density at radius 2 is 1.69 bits per heavy atom. The van der Waals surface area contributed by atoms with Crippen LogP contribution in [0.25, 0.3) is 0 Å². The van der Waals surface area contributed by atoms with Gasteiger partial charge in [-0.1, -0.05) is 54.3 Å². The zero-order chi connectivity index (χ0) is 20.3. The van der Waals surface area contributed by atoms with Gasteiger partial charge in [0.1, 0.15) is 0 Å². The predicted octanol–water partition coefficient (Wildman–Crippen LogP) is 2.53. The number of aliphatic hydroxyl groups is 2. The van der Waals surface area contributed by atoms with Crippen LogP contribution in [0.2, 0.25) is 0 Å². The summed E-state index contributed by atoms with van der Waals surface area (Å²) in [5.74, 6) is 6.04. The second-order valence-corrected chi connectivity index (χ2v) is 7.65. The van der Waals surface area contributed by atoms with Gasteiger partial charge in [-0.2, -0.15) is 0 Å². The number of piperazine rings is 1. The van der Waals surface area contributed by atoms with E-state index < -0.39 is 0 Å². The minimum absolute atomic E-state index is 0.109. The number of hydrogen-bond acceptors (Lipinski definition) is 4.